The van der Waals surface area contributed by atoms with Gasteiger partial charge in [0.05, 0.1) is 0 Å². The van der Waals surface area contributed by atoms with Gasteiger partial charge in [0.15, 0.2) is 0 Å². The van der Waals surface area contributed by atoms with Crippen LogP contribution in [0.15, 0.2) is 42.5 Å². The van der Waals surface area contributed by atoms with E-state index in [1.54, 1.807) is 0 Å². The van der Waals surface area contributed by atoms with Crippen molar-refractivity contribution in [3.8, 4) is 0 Å². The second-order valence-electron chi connectivity index (χ2n) is 6.50. The Hall–Kier alpha value is -1.91. The topological polar surface area (TPSA) is 35.6 Å². The zero-order valence-electron chi connectivity index (χ0n) is 14.5. The maximum absolute atomic E-state index is 12.2. The minimum absolute atomic E-state index is 0.301. The standard InChI is InChI=1S/C20H27N3O/c1-21-11-5-10-20(24)23-14-12-22(13-15-23)16-18-8-4-7-17-6-2-3-9-19(17)18/h2-4,6-9,21H,5,10-16H2,1H3. The fourth-order valence-electron chi connectivity index (χ4n) is 3.40. The lowest BCUT2D eigenvalue weighted by atomic mass is 10.0. The van der Waals surface area contributed by atoms with Crippen molar-refractivity contribution >= 4 is 16.7 Å². The van der Waals surface area contributed by atoms with Crippen LogP contribution >= 0.6 is 0 Å². The molecule has 128 valence electrons. The highest BCUT2D eigenvalue weighted by molar-refractivity contribution is 5.85. The summed E-state index contributed by atoms with van der Waals surface area (Å²) < 4.78 is 0. The van der Waals surface area contributed by atoms with Gasteiger partial charge in [0, 0.05) is 39.1 Å². The molecule has 0 radical (unpaired) electrons. The molecule has 1 amide bonds. The van der Waals surface area contributed by atoms with Gasteiger partial charge in [-0.1, -0.05) is 42.5 Å². The Kier molecular flexibility index (Phi) is 5.83. The number of nitrogens with one attached hydrogen (secondary N) is 1. The number of piperazine rings is 1. The first-order valence-electron chi connectivity index (χ1n) is 8.89. The average Bonchev–Trinajstić information content (AvgIpc) is 2.63. The molecule has 1 heterocycles. The maximum atomic E-state index is 12.2. The largest absolute Gasteiger partial charge is 0.340 e. The average molecular weight is 325 g/mol. The van der Waals surface area contributed by atoms with Crippen LogP contribution in [0.4, 0.5) is 0 Å². The summed E-state index contributed by atoms with van der Waals surface area (Å²) in [6.07, 6.45) is 1.58. The summed E-state index contributed by atoms with van der Waals surface area (Å²) in [5.41, 5.74) is 1.38. The first-order chi connectivity index (χ1) is 11.8. The van der Waals surface area contributed by atoms with Gasteiger partial charge in [0.1, 0.15) is 0 Å². The van der Waals surface area contributed by atoms with E-state index in [1.165, 1.54) is 16.3 Å². The van der Waals surface area contributed by atoms with Gasteiger partial charge >= 0.3 is 0 Å². The van der Waals surface area contributed by atoms with Gasteiger partial charge in [-0.3, -0.25) is 9.69 Å². The zero-order chi connectivity index (χ0) is 16.8. The number of fused-ring (bicyclic) bond motifs is 1. The molecule has 0 aliphatic carbocycles. The summed E-state index contributed by atoms with van der Waals surface area (Å²) >= 11 is 0. The normalized spacial score (nSPS) is 15.8. The van der Waals surface area contributed by atoms with Crippen molar-refractivity contribution in [2.24, 2.45) is 0 Å². The van der Waals surface area contributed by atoms with E-state index in [9.17, 15) is 4.79 Å². The lowest BCUT2D eigenvalue weighted by Gasteiger charge is -2.35. The first-order valence-corrected chi connectivity index (χ1v) is 8.89. The predicted molar refractivity (Wildman–Crippen MR) is 99.0 cm³/mol. The van der Waals surface area contributed by atoms with Crippen molar-refractivity contribution in [3.05, 3.63) is 48.0 Å². The predicted octanol–water partition coefficient (Wildman–Crippen LogP) is 2.48. The van der Waals surface area contributed by atoms with E-state index in [2.05, 4.69) is 52.7 Å². The Morgan fingerprint density at radius 3 is 2.58 bits per heavy atom. The van der Waals surface area contributed by atoms with E-state index in [4.69, 9.17) is 0 Å². The summed E-state index contributed by atoms with van der Waals surface area (Å²) in [5, 5.41) is 5.73. The number of carbonyl (C=O) groups excluding carboxylic acids is 1. The molecule has 0 aromatic heterocycles. The lowest BCUT2D eigenvalue weighted by Crippen LogP contribution is -2.48. The third-order valence-corrected chi connectivity index (χ3v) is 4.82. The number of hydrogen-bond donors (Lipinski definition) is 1. The Morgan fingerprint density at radius 2 is 1.79 bits per heavy atom. The molecule has 1 aliphatic heterocycles. The summed E-state index contributed by atoms with van der Waals surface area (Å²) in [4.78, 5) is 16.7. The second-order valence-corrected chi connectivity index (χ2v) is 6.50. The highest BCUT2D eigenvalue weighted by Gasteiger charge is 2.20. The summed E-state index contributed by atoms with van der Waals surface area (Å²) in [6, 6.07) is 15.1. The van der Waals surface area contributed by atoms with Crippen LogP contribution in [-0.2, 0) is 11.3 Å². The van der Waals surface area contributed by atoms with E-state index in [0.29, 0.717) is 12.3 Å². The van der Waals surface area contributed by atoms with Gasteiger partial charge in [0.2, 0.25) is 5.91 Å². The molecule has 0 unspecified atom stereocenters. The van der Waals surface area contributed by atoms with E-state index in [0.717, 1.165) is 45.7 Å². The third kappa shape index (κ3) is 4.13. The molecule has 3 rings (SSSR count). The van der Waals surface area contributed by atoms with Gasteiger partial charge < -0.3 is 10.2 Å². The fraction of sp³-hybridized carbons (Fsp3) is 0.450. The number of benzene rings is 2. The molecule has 0 atom stereocenters. The first kappa shape index (κ1) is 16.9. The Bertz CT molecular complexity index is 672. The number of rotatable bonds is 6. The number of hydrogen-bond acceptors (Lipinski definition) is 3. The molecule has 0 bridgehead atoms. The zero-order valence-corrected chi connectivity index (χ0v) is 14.5. The number of nitrogens with zero attached hydrogens (tertiary/aromatic N) is 2. The molecule has 1 aliphatic rings. The number of carbonyl (C=O) groups is 1. The van der Waals surface area contributed by atoms with E-state index >= 15 is 0 Å². The van der Waals surface area contributed by atoms with Crippen LogP contribution < -0.4 is 5.32 Å². The minimum Gasteiger partial charge on any atom is -0.340 e. The Labute approximate surface area is 144 Å². The van der Waals surface area contributed by atoms with Gasteiger partial charge in [0.25, 0.3) is 0 Å². The summed E-state index contributed by atoms with van der Waals surface area (Å²) in [6.45, 7) is 5.49. The molecule has 0 spiro atoms. The molecule has 1 saturated heterocycles. The molecule has 0 saturated carbocycles. The monoisotopic (exact) mass is 325 g/mol. The van der Waals surface area contributed by atoms with Crippen molar-refractivity contribution in [1.29, 1.82) is 0 Å². The van der Waals surface area contributed by atoms with Crippen molar-refractivity contribution in [3.63, 3.8) is 0 Å². The molecular formula is C20H27N3O. The van der Waals surface area contributed by atoms with Gasteiger partial charge in [-0.2, -0.15) is 0 Å². The van der Waals surface area contributed by atoms with Crippen LogP contribution in [0.3, 0.4) is 0 Å². The Morgan fingerprint density at radius 1 is 1.04 bits per heavy atom. The van der Waals surface area contributed by atoms with Crippen molar-refractivity contribution in [1.82, 2.24) is 15.1 Å². The molecule has 4 nitrogen and oxygen atoms in total. The van der Waals surface area contributed by atoms with E-state index < -0.39 is 0 Å². The minimum atomic E-state index is 0.301. The highest BCUT2D eigenvalue weighted by Crippen LogP contribution is 2.20. The maximum Gasteiger partial charge on any atom is 0.222 e. The van der Waals surface area contributed by atoms with Crippen molar-refractivity contribution in [2.75, 3.05) is 39.8 Å². The number of amides is 1. The van der Waals surface area contributed by atoms with Crippen LogP contribution in [0, 0.1) is 0 Å². The molecule has 24 heavy (non-hydrogen) atoms. The van der Waals surface area contributed by atoms with Crippen LogP contribution in [0.5, 0.6) is 0 Å². The van der Waals surface area contributed by atoms with Crippen LogP contribution in [0.1, 0.15) is 18.4 Å². The fourth-order valence-corrected chi connectivity index (χ4v) is 3.40. The van der Waals surface area contributed by atoms with Crippen LogP contribution in [0.25, 0.3) is 10.8 Å². The molecule has 1 fully saturated rings. The summed E-state index contributed by atoms with van der Waals surface area (Å²) in [7, 11) is 1.93. The van der Waals surface area contributed by atoms with E-state index in [1.807, 2.05) is 11.9 Å². The molecule has 4 heteroatoms. The van der Waals surface area contributed by atoms with Gasteiger partial charge in [-0.25, -0.2) is 0 Å². The van der Waals surface area contributed by atoms with E-state index in [-0.39, 0.29) is 0 Å². The quantitative estimate of drug-likeness (QED) is 0.829. The molecule has 2 aromatic rings. The second kappa shape index (κ2) is 8.27. The Balaban J connectivity index is 1.54. The SMILES string of the molecule is CNCCCC(=O)N1CCN(Cc2cccc3ccccc23)CC1. The highest BCUT2D eigenvalue weighted by atomic mass is 16.2. The van der Waals surface area contributed by atoms with Crippen LogP contribution in [-0.4, -0.2) is 55.5 Å². The van der Waals surface area contributed by atoms with Crippen LogP contribution in [0.2, 0.25) is 0 Å². The third-order valence-electron chi connectivity index (χ3n) is 4.82. The van der Waals surface area contributed by atoms with Gasteiger partial charge in [-0.05, 0) is 36.3 Å². The molecular weight excluding hydrogens is 298 g/mol. The van der Waals surface area contributed by atoms with Crippen molar-refractivity contribution < 1.29 is 4.79 Å². The summed E-state index contributed by atoms with van der Waals surface area (Å²) in [5.74, 6) is 0.301. The lowest BCUT2D eigenvalue weighted by molar-refractivity contribution is -0.133. The molecule has 2 aromatic carbocycles. The van der Waals surface area contributed by atoms with Crippen molar-refractivity contribution in [2.45, 2.75) is 19.4 Å². The van der Waals surface area contributed by atoms with Gasteiger partial charge in [-0.15, -0.1) is 0 Å². The molecule has 1 N–H and O–H groups in total. The smallest absolute Gasteiger partial charge is 0.222 e.